The third-order valence-electron chi connectivity index (χ3n) is 2.68. The first-order valence-corrected chi connectivity index (χ1v) is 5.28. The van der Waals surface area contributed by atoms with Gasteiger partial charge in [-0.3, -0.25) is 4.68 Å². The number of hydrogen-bond acceptors (Lipinski definition) is 2. The minimum atomic E-state index is -0.319. The van der Waals surface area contributed by atoms with Gasteiger partial charge in [-0.25, -0.2) is 4.39 Å². The average molecular weight is 229 g/mol. The zero-order chi connectivity index (χ0) is 12.4. The van der Waals surface area contributed by atoms with Crippen LogP contribution in [-0.4, -0.2) is 9.78 Å². The Hall–Kier alpha value is -2.15. The monoisotopic (exact) mass is 229 g/mol. The van der Waals surface area contributed by atoms with E-state index in [2.05, 4.69) is 11.2 Å². The molecule has 0 bridgehead atoms. The number of nitrogens with zero attached hydrogens (tertiary/aromatic N) is 3. The number of aromatic nitrogens is 2. The summed E-state index contributed by atoms with van der Waals surface area (Å²) < 4.78 is 14.9. The molecule has 4 heteroatoms. The molecule has 0 unspecified atom stereocenters. The molecule has 0 aliphatic heterocycles. The van der Waals surface area contributed by atoms with Gasteiger partial charge < -0.3 is 0 Å². The minimum absolute atomic E-state index is 0.319. The summed E-state index contributed by atoms with van der Waals surface area (Å²) in [5, 5.41) is 13.2. The van der Waals surface area contributed by atoms with Crippen LogP contribution >= 0.6 is 0 Å². The molecule has 0 saturated heterocycles. The van der Waals surface area contributed by atoms with Crippen molar-refractivity contribution in [3.63, 3.8) is 0 Å². The molecule has 0 spiro atoms. The predicted molar refractivity (Wildman–Crippen MR) is 61.9 cm³/mol. The Labute approximate surface area is 99.1 Å². The summed E-state index contributed by atoms with van der Waals surface area (Å²) in [6.45, 7) is 1.90. The third kappa shape index (κ3) is 2.34. The number of rotatable bonds is 2. The molecule has 0 radical (unpaired) electrons. The van der Waals surface area contributed by atoms with Crippen molar-refractivity contribution in [3.8, 4) is 6.07 Å². The van der Waals surface area contributed by atoms with Crippen LogP contribution in [0.1, 0.15) is 22.4 Å². The molecule has 1 aromatic heterocycles. The van der Waals surface area contributed by atoms with E-state index in [0.717, 1.165) is 11.3 Å². The van der Waals surface area contributed by atoms with E-state index in [4.69, 9.17) is 5.26 Å². The number of benzene rings is 1. The first kappa shape index (κ1) is 11.3. The van der Waals surface area contributed by atoms with Gasteiger partial charge in [0.1, 0.15) is 5.82 Å². The Morgan fingerprint density at radius 1 is 1.41 bits per heavy atom. The zero-order valence-corrected chi connectivity index (χ0v) is 9.74. The van der Waals surface area contributed by atoms with Gasteiger partial charge in [-0.05, 0) is 36.2 Å². The fourth-order valence-electron chi connectivity index (χ4n) is 1.84. The summed E-state index contributed by atoms with van der Waals surface area (Å²) >= 11 is 0. The van der Waals surface area contributed by atoms with E-state index >= 15 is 0 Å². The molecule has 0 atom stereocenters. The Balaban J connectivity index is 2.39. The highest BCUT2D eigenvalue weighted by molar-refractivity contribution is 5.41. The van der Waals surface area contributed by atoms with Gasteiger partial charge >= 0.3 is 0 Å². The van der Waals surface area contributed by atoms with E-state index < -0.39 is 0 Å². The lowest BCUT2D eigenvalue weighted by molar-refractivity contribution is 0.625. The summed E-state index contributed by atoms with van der Waals surface area (Å²) in [4.78, 5) is 0. The van der Waals surface area contributed by atoms with E-state index in [1.165, 1.54) is 18.2 Å². The second-order valence-electron chi connectivity index (χ2n) is 4.00. The topological polar surface area (TPSA) is 41.6 Å². The van der Waals surface area contributed by atoms with Gasteiger partial charge in [0.15, 0.2) is 0 Å². The lowest BCUT2D eigenvalue weighted by Crippen LogP contribution is -1.94. The Bertz CT molecular complexity index is 593. The molecule has 0 amide bonds. The summed E-state index contributed by atoms with van der Waals surface area (Å²) in [7, 11) is 1.84. The summed E-state index contributed by atoms with van der Waals surface area (Å²) in [6, 6.07) is 6.30. The Morgan fingerprint density at radius 3 is 2.76 bits per heavy atom. The highest BCUT2D eigenvalue weighted by Gasteiger charge is 2.09. The van der Waals surface area contributed by atoms with Crippen molar-refractivity contribution in [1.29, 1.82) is 5.26 Å². The third-order valence-corrected chi connectivity index (χ3v) is 2.68. The number of hydrogen-bond donors (Lipinski definition) is 0. The zero-order valence-electron chi connectivity index (χ0n) is 9.74. The smallest absolute Gasteiger partial charge is 0.123 e. The largest absolute Gasteiger partial charge is 0.275 e. The van der Waals surface area contributed by atoms with Gasteiger partial charge in [0, 0.05) is 19.7 Å². The van der Waals surface area contributed by atoms with Crippen molar-refractivity contribution in [2.24, 2.45) is 7.05 Å². The molecular formula is C13H12FN3. The molecule has 1 heterocycles. The maximum atomic E-state index is 13.2. The van der Waals surface area contributed by atoms with Crippen molar-refractivity contribution in [3.05, 3.63) is 52.6 Å². The van der Waals surface area contributed by atoms with Gasteiger partial charge in [0.2, 0.25) is 0 Å². The maximum absolute atomic E-state index is 13.2. The molecule has 86 valence electrons. The van der Waals surface area contributed by atoms with Crippen LogP contribution in [0.5, 0.6) is 0 Å². The molecule has 1 aromatic carbocycles. The highest BCUT2D eigenvalue weighted by Crippen LogP contribution is 2.17. The molecule has 0 saturated carbocycles. The van der Waals surface area contributed by atoms with Gasteiger partial charge in [-0.2, -0.15) is 10.4 Å². The van der Waals surface area contributed by atoms with Crippen LogP contribution in [0.2, 0.25) is 0 Å². The summed E-state index contributed by atoms with van der Waals surface area (Å²) in [5.41, 5.74) is 3.12. The number of halogens is 1. The lowest BCUT2D eigenvalue weighted by atomic mass is 10.0. The van der Waals surface area contributed by atoms with Crippen molar-refractivity contribution < 1.29 is 4.39 Å². The molecule has 0 N–H and O–H groups in total. The second kappa shape index (κ2) is 4.38. The van der Waals surface area contributed by atoms with Crippen LogP contribution in [0, 0.1) is 24.1 Å². The van der Waals surface area contributed by atoms with Crippen LogP contribution < -0.4 is 0 Å². The maximum Gasteiger partial charge on any atom is 0.123 e. The SMILES string of the molecule is Cc1nn(C)cc1Cc1cc(F)ccc1C#N. The molecule has 3 nitrogen and oxygen atoms in total. The van der Waals surface area contributed by atoms with Crippen LogP contribution in [0.3, 0.4) is 0 Å². The summed E-state index contributed by atoms with van der Waals surface area (Å²) in [6.07, 6.45) is 2.42. The lowest BCUT2D eigenvalue weighted by Gasteiger charge is -2.03. The molecule has 2 rings (SSSR count). The fourth-order valence-corrected chi connectivity index (χ4v) is 1.84. The normalized spacial score (nSPS) is 10.2. The first-order chi connectivity index (χ1) is 8.10. The minimum Gasteiger partial charge on any atom is -0.275 e. The van der Waals surface area contributed by atoms with Crippen LogP contribution in [-0.2, 0) is 13.5 Å². The highest BCUT2D eigenvalue weighted by atomic mass is 19.1. The van der Waals surface area contributed by atoms with Gasteiger partial charge in [-0.1, -0.05) is 0 Å². The Kier molecular flexibility index (Phi) is 2.92. The quantitative estimate of drug-likeness (QED) is 0.793. The molecule has 0 fully saturated rings. The molecule has 0 aliphatic rings. The fraction of sp³-hybridized carbons (Fsp3) is 0.231. The average Bonchev–Trinajstić information content (AvgIpc) is 2.58. The predicted octanol–water partition coefficient (Wildman–Crippen LogP) is 2.33. The van der Waals surface area contributed by atoms with E-state index in [1.807, 2.05) is 20.2 Å². The molecular weight excluding hydrogens is 217 g/mol. The van der Waals surface area contributed by atoms with E-state index in [0.29, 0.717) is 17.5 Å². The first-order valence-electron chi connectivity index (χ1n) is 5.28. The van der Waals surface area contributed by atoms with Crippen molar-refractivity contribution >= 4 is 0 Å². The van der Waals surface area contributed by atoms with Crippen LogP contribution in [0.25, 0.3) is 0 Å². The number of nitriles is 1. The standard InChI is InChI=1S/C13H12FN3/c1-9-12(8-17(2)16-9)5-11-6-13(14)4-3-10(11)7-15/h3-4,6,8H,5H2,1-2H3. The van der Waals surface area contributed by atoms with Crippen molar-refractivity contribution in [2.75, 3.05) is 0 Å². The van der Waals surface area contributed by atoms with Crippen molar-refractivity contribution in [1.82, 2.24) is 9.78 Å². The van der Waals surface area contributed by atoms with Gasteiger partial charge in [0.25, 0.3) is 0 Å². The van der Waals surface area contributed by atoms with E-state index in [-0.39, 0.29) is 5.82 Å². The van der Waals surface area contributed by atoms with E-state index in [1.54, 1.807) is 4.68 Å². The van der Waals surface area contributed by atoms with Crippen LogP contribution in [0.15, 0.2) is 24.4 Å². The van der Waals surface area contributed by atoms with Gasteiger partial charge in [-0.15, -0.1) is 0 Å². The molecule has 0 aliphatic carbocycles. The van der Waals surface area contributed by atoms with Gasteiger partial charge in [0.05, 0.1) is 17.3 Å². The molecule has 17 heavy (non-hydrogen) atoms. The number of aryl methyl sites for hydroxylation is 2. The Morgan fingerprint density at radius 2 is 2.18 bits per heavy atom. The van der Waals surface area contributed by atoms with Crippen LogP contribution in [0.4, 0.5) is 4.39 Å². The van der Waals surface area contributed by atoms with E-state index in [9.17, 15) is 4.39 Å². The summed E-state index contributed by atoms with van der Waals surface area (Å²) in [5.74, 6) is -0.319. The molecule has 2 aromatic rings. The van der Waals surface area contributed by atoms with Crippen molar-refractivity contribution in [2.45, 2.75) is 13.3 Å². The second-order valence-corrected chi connectivity index (χ2v) is 4.00.